The normalized spacial score (nSPS) is 16.4. The molecule has 1 fully saturated rings. The molecular formula is C20H33IN4O3. The fourth-order valence-electron chi connectivity index (χ4n) is 2.84. The van der Waals surface area contributed by atoms with Crippen LogP contribution in [0.1, 0.15) is 42.1 Å². The molecule has 1 amide bonds. The van der Waals surface area contributed by atoms with Crippen molar-refractivity contribution in [2.75, 3.05) is 40.0 Å². The second-order valence-corrected chi connectivity index (χ2v) is 6.46. The number of rotatable bonds is 10. The maximum absolute atomic E-state index is 11.7. The van der Waals surface area contributed by atoms with Crippen molar-refractivity contribution < 1.29 is 14.3 Å². The van der Waals surface area contributed by atoms with Gasteiger partial charge in [-0.1, -0.05) is 12.1 Å². The summed E-state index contributed by atoms with van der Waals surface area (Å²) in [5.41, 5.74) is 1.64. The first-order valence-electron chi connectivity index (χ1n) is 9.75. The summed E-state index contributed by atoms with van der Waals surface area (Å²) in [6.45, 7) is 6.39. The van der Waals surface area contributed by atoms with E-state index in [0.29, 0.717) is 25.3 Å². The Morgan fingerprint density at radius 3 is 2.93 bits per heavy atom. The number of guanidine groups is 1. The SMILES string of the molecule is CCNC(=NCc1cccc(C(=O)NC)c1)NCCCOCC1CCCO1.I. The topological polar surface area (TPSA) is 84.0 Å². The van der Waals surface area contributed by atoms with Crippen LogP contribution in [0.5, 0.6) is 0 Å². The van der Waals surface area contributed by atoms with Gasteiger partial charge in [0.05, 0.1) is 19.3 Å². The summed E-state index contributed by atoms with van der Waals surface area (Å²) < 4.78 is 11.2. The molecule has 1 aromatic carbocycles. The number of carbonyl (C=O) groups is 1. The third-order valence-corrected chi connectivity index (χ3v) is 4.27. The fraction of sp³-hybridized carbons (Fsp3) is 0.600. The minimum atomic E-state index is -0.0890. The van der Waals surface area contributed by atoms with E-state index < -0.39 is 0 Å². The first-order valence-corrected chi connectivity index (χ1v) is 9.75. The lowest BCUT2D eigenvalue weighted by Crippen LogP contribution is -2.38. The second-order valence-electron chi connectivity index (χ2n) is 6.46. The van der Waals surface area contributed by atoms with Crippen LogP contribution in [0.15, 0.2) is 29.3 Å². The molecule has 0 radical (unpaired) electrons. The molecule has 0 saturated carbocycles. The summed E-state index contributed by atoms with van der Waals surface area (Å²) in [4.78, 5) is 16.3. The first kappa shape index (κ1) is 24.6. The van der Waals surface area contributed by atoms with E-state index in [-0.39, 0.29) is 36.0 Å². The molecule has 1 heterocycles. The van der Waals surface area contributed by atoms with Gasteiger partial charge < -0.3 is 25.4 Å². The maximum Gasteiger partial charge on any atom is 0.251 e. The minimum Gasteiger partial charge on any atom is -0.379 e. The number of carbonyl (C=O) groups excluding carboxylic acids is 1. The van der Waals surface area contributed by atoms with Crippen LogP contribution in [0.25, 0.3) is 0 Å². The second kappa shape index (κ2) is 14.6. The molecule has 1 unspecified atom stereocenters. The molecule has 0 spiro atoms. The highest BCUT2D eigenvalue weighted by molar-refractivity contribution is 14.0. The summed E-state index contributed by atoms with van der Waals surface area (Å²) in [6.07, 6.45) is 3.44. The molecule has 1 aliphatic heterocycles. The summed E-state index contributed by atoms with van der Waals surface area (Å²) >= 11 is 0. The molecule has 28 heavy (non-hydrogen) atoms. The molecule has 0 bridgehead atoms. The predicted molar refractivity (Wildman–Crippen MR) is 122 cm³/mol. The molecule has 1 aromatic rings. The van der Waals surface area contributed by atoms with Crippen LogP contribution in [0.2, 0.25) is 0 Å². The molecule has 1 aliphatic rings. The maximum atomic E-state index is 11.7. The molecule has 0 aliphatic carbocycles. The van der Waals surface area contributed by atoms with Gasteiger partial charge in [-0.3, -0.25) is 4.79 Å². The Morgan fingerprint density at radius 2 is 2.21 bits per heavy atom. The zero-order valence-electron chi connectivity index (χ0n) is 16.8. The zero-order chi connectivity index (χ0) is 19.3. The summed E-state index contributed by atoms with van der Waals surface area (Å²) in [7, 11) is 1.63. The Labute approximate surface area is 185 Å². The average molecular weight is 504 g/mol. The molecule has 8 heteroatoms. The number of nitrogens with one attached hydrogen (secondary N) is 3. The van der Waals surface area contributed by atoms with Crippen LogP contribution in [0.3, 0.4) is 0 Å². The van der Waals surface area contributed by atoms with Crippen molar-refractivity contribution in [1.82, 2.24) is 16.0 Å². The molecule has 1 atom stereocenters. The van der Waals surface area contributed by atoms with Gasteiger partial charge >= 0.3 is 0 Å². The van der Waals surface area contributed by atoms with E-state index in [2.05, 4.69) is 20.9 Å². The van der Waals surface area contributed by atoms with Crippen molar-refractivity contribution in [2.24, 2.45) is 4.99 Å². The highest BCUT2D eigenvalue weighted by atomic mass is 127. The molecule has 158 valence electrons. The van der Waals surface area contributed by atoms with E-state index in [9.17, 15) is 4.79 Å². The Bertz CT molecular complexity index is 607. The van der Waals surface area contributed by atoms with E-state index in [1.807, 2.05) is 25.1 Å². The number of hydrogen-bond donors (Lipinski definition) is 3. The fourth-order valence-corrected chi connectivity index (χ4v) is 2.84. The summed E-state index contributed by atoms with van der Waals surface area (Å²) in [5.74, 6) is 0.677. The summed E-state index contributed by atoms with van der Waals surface area (Å²) in [6, 6.07) is 7.51. The zero-order valence-corrected chi connectivity index (χ0v) is 19.2. The Hall–Kier alpha value is -1.39. The van der Waals surface area contributed by atoms with E-state index in [1.54, 1.807) is 13.1 Å². The average Bonchev–Trinajstić information content (AvgIpc) is 3.21. The number of hydrogen-bond acceptors (Lipinski definition) is 4. The van der Waals surface area contributed by atoms with Crippen LogP contribution in [-0.4, -0.2) is 57.9 Å². The lowest BCUT2D eigenvalue weighted by molar-refractivity contribution is 0.0168. The summed E-state index contributed by atoms with van der Waals surface area (Å²) in [5, 5.41) is 9.19. The van der Waals surface area contributed by atoms with Crippen molar-refractivity contribution in [2.45, 2.75) is 38.8 Å². The Balaban J connectivity index is 0.00000392. The monoisotopic (exact) mass is 504 g/mol. The lowest BCUT2D eigenvalue weighted by Gasteiger charge is -2.13. The third-order valence-electron chi connectivity index (χ3n) is 4.27. The van der Waals surface area contributed by atoms with Crippen molar-refractivity contribution in [1.29, 1.82) is 0 Å². The van der Waals surface area contributed by atoms with Gasteiger partial charge in [0, 0.05) is 38.9 Å². The molecular weight excluding hydrogens is 471 g/mol. The number of aliphatic imine (C=N–C) groups is 1. The van der Waals surface area contributed by atoms with Crippen molar-refractivity contribution in [3.8, 4) is 0 Å². The standard InChI is InChI=1S/C20H32N4O3.HI/c1-3-22-20(23-10-6-11-26-15-18-9-5-12-27-18)24-14-16-7-4-8-17(13-16)19(25)21-2;/h4,7-8,13,18H,3,5-6,9-12,14-15H2,1-2H3,(H,21,25)(H2,22,23,24);1H. The number of ether oxygens (including phenoxy) is 2. The van der Waals surface area contributed by atoms with Crippen LogP contribution >= 0.6 is 24.0 Å². The molecule has 3 N–H and O–H groups in total. The number of halogens is 1. The van der Waals surface area contributed by atoms with Gasteiger partial charge in [0.25, 0.3) is 5.91 Å². The van der Waals surface area contributed by atoms with Gasteiger partial charge in [-0.25, -0.2) is 4.99 Å². The van der Waals surface area contributed by atoms with E-state index >= 15 is 0 Å². The highest BCUT2D eigenvalue weighted by Crippen LogP contribution is 2.11. The van der Waals surface area contributed by atoms with Gasteiger partial charge in [0.2, 0.25) is 0 Å². The molecule has 0 aromatic heterocycles. The first-order chi connectivity index (χ1) is 13.2. The largest absolute Gasteiger partial charge is 0.379 e. The van der Waals surface area contributed by atoms with E-state index in [4.69, 9.17) is 9.47 Å². The van der Waals surface area contributed by atoms with Gasteiger partial charge in [-0.2, -0.15) is 0 Å². The van der Waals surface area contributed by atoms with Gasteiger partial charge in [0.15, 0.2) is 5.96 Å². The van der Waals surface area contributed by atoms with Crippen molar-refractivity contribution >= 4 is 35.8 Å². The van der Waals surface area contributed by atoms with Gasteiger partial charge in [-0.15, -0.1) is 24.0 Å². The molecule has 2 rings (SSSR count). The third kappa shape index (κ3) is 9.20. The van der Waals surface area contributed by atoms with Crippen molar-refractivity contribution in [3.63, 3.8) is 0 Å². The predicted octanol–water partition coefficient (Wildman–Crippen LogP) is 2.31. The molecule has 7 nitrogen and oxygen atoms in total. The molecule has 1 saturated heterocycles. The van der Waals surface area contributed by atoms with E-state index in [1.165, 1.54) is 0 Å². The van der Waals surface area contributed by atoms with Gasteiger partial charge in [0.1, 0.15) is 0 Å². The number of benzene rings is 1. The minimum absolute atomic E-state index is 0. The number of amides is 1. The Morgan fingerprint density at radius 1 is 1.36 bits per heavy atom. The highest BCUT2D eigenvalue weighted by Gasteiger charge is 2.14. The Kier molecular flexibility index (Phi) is 12.8. The van der Waals surface area contributed by atoms with Crippen LogP contribution in [0, 0.1) is 0 Å². The lowest BCUT2D eigenvalue weighted by atomic mass is 10.1. The van der Waals surface area contributed by atoms with Crippen molar-refractivity contribution in [3.05, 3.63) is 35.4 Å². The quantitative estimate of drug-likeness (QED) is 0.197. The van der Waals surface area contributed by atoms with Crippen LogP contribution < -0.4 is 16.0 Å². The van der Waals surface area contributed by atoms with Gasteiger partial charge in [-0.05, 0) is 43.9 Å². The van der Waals surface area contributed by atoms with Crippen LogP contribution in [-0.2, 0) is 16.0 Å². The van der Waals surface area contributed by atoms with Crippen LogP contribution in [0.4, 0.5) is 0 Å². The number of nitrogens with zero attached hydrogens (tertiary/aromatic N) is 1. The van der Waals surface area contributed by atoms with E-state index in [0.717, 1.165) is 50.5 Å². The smallest absolute Gasteiger partial charge is 0.251 e.